The van der Waals surface area contributed by atoms with Gasteiger partial charge in [-0.2, -0.15) is 13.2 Å². The lowest BCUT2D eigenvalue weighted by atomic mass is 10.2. The Morgan fingerprint density at radius 3 is 2.33 bits per heavy atom. The van der Waals surface area contributed by atoms with Crippen molar-refractivity contribution < 1.29 is 17.6 Å². The number of aromatic nitrogens is 3. The van der Waals surface area contributed by atoms with E-state index in [0.29, 0.717) is 38.4 Å². The Hall–Kier alpha value is -2.29. The maximum atomic E-state index is 13.7. The second-order valence-corrected chi connectivity index (χ2v) is 5.49. The van der Waals surface area contributed by atoms with Gasteiger partial charge in [-0.1, -0.05) is 0 Å². The zero-order chi connectivity index (χ0) is 17.2. The molecule has 0 aromatic carbocycles. The molecule has 0 saturated carbocycles. The minimum atomic E-state index is -4.38. The van der Waals surface area contributed by atoms with Crippen molar-refractivity contribution in [3.63, 3.8) is 0 Å². The number of nitrogens with zero attached hydrogens (tertiary/aromatic N) is 5. The number of hydrogen-bond donors (Lipinski definition) is 0. The lowest BCUT2D eigenvalue weighted by Crippen LogP contribution is -2.46. The van der Waals surface area contributed by atoms with E-state index in [0.717, 1.165) is 18.5 Å². The van der Waals surface area contributed by atoms with Gasteiger partial charge in [0.2, 0.25) is 0 Å². The number of halogens is 4. The van der Waals surface area contributed by atoms with Crippen molar-refractivity contribution in [3.8, 4) is 0 Å². The molecule has 0 N–H and O–H groups in total. The monoisotopic (exact) mass is 341 g/mol. The Labute approximate surface area is 136 Å². The quantitative estimate of drug-likeness (QED) is 0.802. The van der Waals surface area contributed by atoms with Gasteiger partial charge >= 0.3 is 6.18 Å². The number of rotatable bonds is 3. The lowest BCUT2D eigenvalue weighted by molar-refractivity contribution is -0.137. The van der Waals surface area contributed by atoms with Crippen molar-refractivity contribution in [2.75, 3.05) is 31.1 Å². The van der Waals surface area contributed by atoms with Gasteiger partial charge in [-0.05, 0) is 12.1 Å². The molecular formula is C15H15F4N5. The molecule has 3 rings (SSSR count). The average molecular weight is 341 g/mol. The van der Waals surface area contributed by atoms with Gasteiger partial charge in [0.1, 0.15) is 6.33 Å². The molecule has 0 bridgehead atoms. The number of anilines is 1. The maximum absolute atomic E-state index is 13.7. The van der Waals surface area contributed by atoms with Crippen molar-refractivity contribution in [2.45, 2.75) is 12.7 Å². The van der Waals surface area contributed by atoms with Gasteiger partial charge in [0.05, 0.1) is 17.5 Å². The fourth-order valence-electron chi connectivity index (χ4n) is 2.57. The van der Waals surface area contributed by atoms with E-state index >= 15 is 0 Å². The molecule has 0 amide bonds. The van der Waals surface area contributed by atoms with Crippen LogP contribution in [0.25, 0.3) is 0 Å². The Morgan fingerprint density at radius 1 is 1.00 bits per heavy atom. The third kappa shape index (κ3) is 3.78. The fourth-order valence-corrected chi connectivity index (χ4v) is 2.57. The summed E-state index contributed by atoms with van der Waals surface area (Å²) in [6, 6.07) is 2.42. The molecule has 0 atom stereocenters. The second-order valence-electron chi connectivity index (χ2n) is 5.49. The minimum absolute atomic E-state index is 0.275. The molecule has 0 radical (unpaired) electrons. The normalized spacial score (nSPS) is 16.4. The van der Waals surface area contributed by atoms with Crippen LogP contribution in [0.5, 0.6) is 0 Å². The molecule has 0 aliphatic carbocycles. The van der Waals surface area contributed by atoms with Crippen LogP contribution in [-0.4, -0.2) is 46.0 Å². The molecule has 0 spiro atoms. The highest BCUT2D eigenvalue weighted by Crippen LogP contribution is 2.28. The fraction of sp³-hybridized carbons (Fsp3) is 0.400. The number of hydrogen-bond acceptors (Lipinski definition) is 5. The molecular weight excluding hydrogens is 326 g/mol. The summed E-state index contributed by atoms with van der Waals surface area (Å²) >= 11 is 0. The molecule has 1 aliphatic rings. The van der Waals surface area contributed by atoms with E-state index < -0.39 is 17.6 Å². The first-order chi connectivity index (χ1) is 11.4. The lowest BCUT2D eigenvalue weighted by Gasteiger charge is -2.35. The first kappa shape index (κ1) is 16.6. The molecule has 3 heterocycles. The van der Waals surface area contributed by atoms with Gasteiger partial charge in [0, 0.05) is 38.9 Å². The molecule has 0 unspecified atom stereocenters. The summed E-state index contributed by atoms with van der Waals surface area (Å²) in [6.45, 7) is 2.90. The van der Waals surface area contributed by atoms with E-state index in [1.807, 2.05) is 4.90 Å². The first-order valence-electron chi connectivity index (χ1n) is 7.38. The topological polar surface area (TPSA) is 45.2 Å². The van der Waals surface area contributed by atoms with E-state index in [1.54, 1.807) is 0 Å². The van der Waals surface area contributed by atoms with Crippen LogP contribution in [0.4, 0.5) is 23.4 Å². The largest absolute Gasteiger partial charge is 0.417 e. The van der Waals surface area contributed by atoms with Crippen LogP contribution in [0.1, 0.15) is 11.3 Å². The highest BCUT2D eigenvalue weighted by molar-refractivity contribution is 5.38. The van der Waals surface area contributed by atoms with Gasteiger partial charge in [-0.25, -0.2) is 14.4 Å². The zero-order valence-electron chi connectivity index (χ0n) is 12.7. The Bertz CT molecular complexity index is 681. The van der Waals surface area contributed by atoms with E-state index in [2.05, 4.69) is 19.9 Å². The summed E-state index contributed by atoms with van der Waals surface area (Å²) in [5, 5.41) is 0. The summed E-state index contributed by atoms with van der Waals surface area (Å²) in [7, 11) is 0. The summed E-state index contributed by atoms with van der Waals surface area (Å²) in [6.07, 6.45) is -1.10. The van der Waals surface area contributed by atoms with E-state index in [9.17, 15) is 17.6 Å². The molecule has 1 fully saturated rings. The van der Waals surface area contributed by atoms with Crippen molar-refractivity contribution in [1.29, 1.82) is 0 Å². The van der Waals surface area contributed by atoms with Gasteiger partial charge in [0.15, 0.2) is 11.6 Å². The summed E-state index contributed by atoms with van der Waals surface area (Å²) in [4.78, 5) is 15.3. The Morgan fingerprint density at radius 2 is 1.75 bits per heavy atom. The molecule has 1 saturated heterocycles. The van der Waals surface area contributed by atoms with E-state index in [4.69, 9.17) is 0 Å². The molecule has 24 heavy (non-hydrogen) atoms. The van der Waals surface area contributed by atoms with Crippen LogP contribution < -0.4 is 4.90 Å². The molecule has 2 aromatic heterocycles. The number of alkyl halides is 3. The van der Waals surface area contributed by atoms with Crippen LogP contribution in [0.15, 0.2) is 30.9 Å². The van der Waals surface area contributed by atoms with Crippen molar-refractivity contribution in [2.24, 2.45) is 0 Å². The van der Waals surface area contributed by atoms with Crippen LogP contribution in [0.3, 0.4) is 0 Å². The van der Waals surface area contributed by atoms with Crippen LogP contribution in [0, 0.1) is 5.82 Å². The molecule has 128 valence electrons. The van der Waals surface area contributed by atoms with Crippen molar-refractivity contribution in [1.82, 2.24) is 19.9 Å². The zero-order valence-corrected chi connectivity index (χ0v) is 12.7. The third-order valence-corrected chi connectivity index (χ3v) is 3.86. The second kappa shape index (κ2) is 6.68. The van der Waals surface area contributed by atoms with Gasteiger partial charge in [-0.15, -0.1) is 0 Å². The minimum Gasteiger partial charge on any atom is -0.352 e. The highest BCUT2D eigenvalue weighted by atomic mass is 19.4. The summed E-state index contributed by atoms with van der Waals surface area (Å²) in [5.74, 6) is -0.187. The maximum Gasteiger partial charge on any atom is 0.417 e. The van der Waals surface area contributed by atoms with Crippen LogP contribution in [0.2, 0.25) is 0 Å². The predicted molar refractivity (Wildman–Crippen MR) is 78.7 cm³/mol. The Balaban J connectivity index is 1.57. The van der Waals surface area contributed by atoms with Crippen molar-refractivity contribution >= 4 is 5.82 Å². The molecule has 9 heteroatoms. The molecule has 2 aromatic rings. The highest BCUT2D eigenvalue weighted by Gasteiger charge is 2.30. The average Bonchev–Trinajstić information content (AvgIpc) is 2.56. The number of pyridine rings is 1. The van der Waals surface area contributed by atoms with Gasteiger partial charge in [0.25, 0.3) is 0 Å². The number of piperazine rings is 1. The van der Waals surface area contributed by atoms with Crippen LogP contribution >= 0.6 is 0 Å². The summed E-state index contributed by atoms with van der Waals surface area (Å²) < 4.78 is 51.2. The van der Waals surface area contributed by atoms with Crippen molar-refractivity contribution in [3.05, 3.63) is 47.9 Å². The smallest absolute Gasteiger partial charge is 0.352 e. The van der Waals surface area contributed by atoms with E-state index in [-0.39, 0.29) is 5.82 Å². The molecule has 5 nitrogen and oxygen atoms in total. The Kier molecular flexibility index (Phi) is 4.61. The first-order valence-corrected chi connectivity index (χ1v) is 7.38. The third-order valence-electron chi connectivity index (χ3n) is 3.86. The van der Waals surface area contributed by atoms with Crippen LogP contribution in [-0.2, 0) is 12.7 Å². The predicted octanol–water partition coefficient (Wildman–Crippen LogP) is 2.35. The van der Waals surface area contributed by atoms with E-state index in [1.165, 1.54) is 12.4 Å². The van der Waals surface area contributed by atoms with Gasteiger partial charge in [-0.3, -0.25) is 9.88 Å². The van der Waals surface area contributed by atoms with Gasteiger partial charge < -0.3 is 4.90 Å². The molecule has 1 aliphatic heterocycles. The SMILES string of the molecule is Fc1cncnc1N1CCN(Cc2ccc(C(F)(F)F)cn2)CC1. The summed E-state index contributed by atoms with van der Waals surface area (Å²) in [5.41, 5.74) is -0.181. The standard InChI is InChI=1S/C15H15F4N5/c16-13-8-20-10-22-14(13)24-5-3-23(4-6-24)9-12-2-1-11(7-21-12)15(17,18)19/h1-2,7-8,10H,3-6,9H2.